The number of carbonyl (C=O) groups excluding carboxylic acids is 1. The third-order valence-corrected chi connectivity index (χ3v) is 8.95. The molecule has 1 aromatic carbocycles. The maximum absolute atomic E-state index is 13.4. The molecule has 0 bridgehead atoms. The number of hydrogen-bond donors (Lipinski definition) is 0. The summed E-state index contributed by atoms with van der Waals surface area (Å²) < 4.78 is 11.9. The first kappa shape index (κ1) is 32.7. The molecule has 0 spiro atoms. The summed E-state index contributed by atoms with van der Waals surface area (Å²) in [7, 11) is 1.66. The Labute approximate surface area is 252 Å². The number of alkyl halides is 2. The van der Waals surface area contributed by atoms with Gasteiger partial charge in [-0.2, -0.15) is 0 Å². The van der Waals surface area contributed by atoms with Crippen molar-refractivity contribution in [3.63, 3.8) is 0 Å². The lowest BCUT2D eigenvalue weighted by Crippen LogP contribution is -2.22. The predicted octanol–water partition coefficient (Wildman–Crippen LogP) is 10.0. The number of methoxy groups -OCH3 is 1. The molecular formula is C34H49Cl2NO3. The van der Waals surface area contributed by atoms with Crippen molar-refractivity contribution in [2.75, 3.05) is 7.11 Å². The molecule has 40 heavy (non-hydrogen) atoms. The van der Waals surface area contributed by atoms with Crippen LogP contribution in [0.2, 0.25) is 0 Å². The van der Waals surface area contributed by atoms with Crippen LogP contribution in [0.15, 0.2) is 42.7 Å². The minimum atomic E-state index is -0.599. The topological polar surface area (TPSA) is 48.4 Å². The van der Waals surface area contributed by atoms with Gasteiger partial charge in [0.25, 0.3) is 0 Å². The average Bonchev–Trinajstić information content (AvgIpc) is 3.48. The van der Waals surface area contributed by atoms with Crippen molar-refractivity contribution in [1.82, 2.24) is 4.98 Å². The number of unbranched alkanes of at least 4 members (excludes halogenated alkanes) is 8. The van der Waals surface area contributed by atoms with Crippen LogP contribution < -0.4 is 9.47 Å². The Hall–Kier alpha value is -1.78. The first-order valence-electron chi connectivity index (χ1n) is 15.6. The Morgan fingerprint density at radius 3 is 2.20 bits per heavy atom. The van der Waals surface area contributed by atoms with E-state index < -0.39 is 5.38 Å². The van der Waals surface area contributed by atoms with Crippen LogP contribution in [0.1, 0.15) is 127 Å². The van der Waals surface area contributed by atoms with Crippen molar-refractivity contribution in [2.24, 2.45) is 0 Å². The van der Waals surface area contributed by atoms with Gasteiger partial charge in [0.1, 0.15) is 0 Å². The number of ether oxygens (including phenoxy) is 2. The fourth-order valence-electron chi connectivity index (χ4n) is 5.69. The fraction of sp³-hybridized carbons (Fsp3) is 0.647. The van der Waals surface area contributed by atoms with E-state index in [1.165, 1.54) is 64.2 Å². The van der Waals surface area contributed by atoms with E-state index in [1.54, 1.807) is 19.5 Å². The Bertz CT molecular complexity index is 980. The van der Waals surface area contributed by atoms with Gasteiger partial charge in [-0.05, 0) is 73.9 Å². The zero-order valence-corrected chi connectivity index (χ0v) is 26.1. The van der Waals surface area contributed by atoms with Crippen LogP contribution in [-0.2, 0) is 4.79 Å². The van der Waals surface area contributed by atoms with E-state index in [4.69, 9.17) is 32.7 Å². The highest BCUT2D eigenvalue weighted by molar-refractivity contribution is 6.32. The Morgan fingerprint density at radius 1 is 0.900 bits per heavy atom. The van der Waals surface area contributed by atoms with E-state index in [1.807, 2.05) is 30.3 Å². The minimum Gasteiger partial charge on any atom is -0.493 e. The number of benzene rings is 1. The van der Waals surface area contributed by atoms with E-state index in [-0.39, 0.29) is 23.2 Å². The van der Waals surface area contributed by atoms with Crippen LogP contribution in [0.5, 0.6) is 11.5 Å². The smallest absolute Gasteiger partial charge is 0.161 e. The summed E-state index contributed by atoms with van der Waals surface area (Å²) >= 11 is 13.3. The van der Waals surface area contributed by atoms with Crippen molar-refractivity contribution in [3.8, 4) is 11.5 Å². The van der Waals surface area contributed by atoms with Gasteiger partial charge in [-0.1, -0.05) is 70.8 Å². The van der Waals surface area contributed by atoms with Gasteiger partial charge < -0.3 is 9.47 Å². The molecule has 0 saturated heterocycles. The second kappa shape index (κ2) is 18.6. The number of halogens is 2. The maximum atomic E-state index is 13.4. The quantitative estimate of drug-likeness (QED) is 0.114. The van der Waals surface area contributed by atoms with E-state index in [0.717, 1.165) is 42.6 Å². The number of rotatable bonds is 20. The number of ketones is 1. The molecule has 0 N–H and O–H groups in total. The molecule has 0 aliphatic heterocycles. The molecule has 0 amide bonds. The molecule has 2 aromatic rings. The lowest BCUT2D eigenvalue weighted by atomic mass is 9.86. The zero-order chi connectivity index (χ0) is 28.6. The molecule has 1 heterocycles. The number of pyridine rings is 1. The second-order valence-corrected chi connectivity index (χ2v) is 12.5. The number of hydrogen-bond acceptors (Lipinski definition) is 4. The van der Waals surface area contributed by atoms with Gasteiger partial charge >= 0.3 is 0 Å². The number of nitrogens with zero attached hydrogens (tertiary/aromatic N) is 1. The van der Waals surface area contributed by atoms with E-state index in [9.17, 15) is 4.79 Å². The van der Waals surface area contributed by atoms with Crippen LogP contribution in [-0.4, -0.2) is 34.7 Å². The van der Waals surface area contributed by atoms with Crippen LogP contribution in [0.4, 0.5) is 0 Å². The lowest BCUT2D eigenvalue weighted by molar-refractivity contribution is -0.119. The van der Waals surface area contributed by atoms with Crippen LogP contribution in [0.3, 0.4) is 0 Å². The summed E-state index contributed by atoms with van der Waals surface area (Å²) in [6.07, 6.45) is 21.5. The molecule has 1 saturated carbocycles. The molecule has 3 unspecified atom stereocenters. The van der Waals surface area contributed by atoms with Crippen LogP contribution >= 0.6 is 23.2 Å². The largest absolute Gasteiger partial charge is 0.493 e. The van der Waals surface area contributed by atoms with Gasteiger partial charge in [-0.3, -0.25) is 9.78 Å². The van der Waals surface area contributed by atoms with Crippen molar-refractivity contribution in [3.05, 3.63) is 53.9 Å². The number of carbonyl (C=O) groups is 1. The molecule has 1 aliphatic rings. The van der Waals surface area contributed by atoms with Crippen LogP contribution in [0.25, 0.3) is 0 Å². The summed E-state index contributed by atoms with van der Waals surface area (Å²) in [6.45, 7) is 2.25. The Morgan fingerprint density at radius 2 is 1.55 bits per heavy atom. The van der Waals surface area contributed by atoms with E-state index in [2.05, 4.69) is 11.9 Å². The van der Waals surface area contributed by atoms with Gasteiger partial charge in [0.15, 0.2) is 17.3 Å². The molecule has 3 rings (SSSR count). The van der Waals surface area contributed by atoms with Gasteiger partial charge in [0, 0.05) is 30.1 Å². The third-order valence-electron chi connectivity index (χ3n) is 8.13. The van der Waals surface area contributed by atoms with Crippen molar-refractivity contribution >= 4 is 29.0 Å². The van der Waals surface area contributed by atoms with Gasteiger partial charge in [-0.15, -0.1) is 23.2 Å². The summed E-state index contributed by atoms with van der Waals surface area (Å²) in [4.78, 5) is 17.6. The van der Waals surface area contributed by atoms with Gasteiger partial charge in [0.2, 0.25) is 0 Å². The average molecular weight is 591 g/mol. The highest BCUT2D eigenvalue weighted by atomic mass is 35.5. The lowest BCUT2D eigenvalue weighted by Gasteiger charge is -2.22. The minimum absolute atomic E-state index is 0.0234. The second-order valence-electron chi connectivity index (χ2n) is 11.4. The molecule has 3 atom stereocenters. The van der Waals surface area contributed by atoms with Gasteiger partial charge in [-0.25, -0.2) is 0 Å². The predicted molar refractivity (Wildman–Crippen MR) is 167 cm³/mol. The maximum Gasteiger partial charge on any atom is 0.161 e. The van der Waals surface area contributed by atoms with E-state index >= 15 is 0 Å². The molecule has 222 valence electrons. The standard InChI is InChI=1S/C34H49Cl2NO3/c1-3-4-5-6-7-8-9-10-11-14-28(35)24-31(36)32(38)25-30(26-19-21-37-22-20-26)27-17-18-33(39-2)34(23-27)40-29-15-12-13-16-29/h17-23,28-31H,3-16,24-25H2,1-2H3. The van der Waals surface area contributed by atoms with Crippen molar-refractivity contribution in [1.29, 1.82) is 0 Å². The molecule has 1 aromatic heterocycles. The molecular weight excluding hydrogens is 541 g/mol. The number of aromatic nitrogens is 1. The first-order chi connectivity index (χ1) is 19.5. The monoisotopic (exact) mass is 589 g/mol. The molecule has 4 nitrogen and oxygen atoms in total. The number of Topliss-reactive ketones (excluding diaryl/α,β-unsaturated/α-hetero) is 1. The van der Waals surface area contributed by atoms with Crippen LogP contribution in [0, 0.1) is 0 Å². The normalized spacial score (nSPS) is 16.0. The van der Waals surface area contributed by atoms with Crippen molar-refractivity contribution < 1.29 is 14.3 Å². The summed E-state index contributed by atoms with van der Waals surface area (Å²) in [5.74, 6) is 1.32. The summed E-state index contributed by atoms with van der Waals surface area (Å²) in [5.41, 5.74) is 2.04. The highest BCUT2D eigenvalue weighted by Gasteiger charge is 2.26. The molecule has 6 heteroatoms. The third kappa shape index (κ3) is 11.2. The Kier molecular flexibility index (Phi) is 15.2. The Balaban J connectivity index is 1.55. The molecule has 1 fully saturated rings. The molecule has 1 aliphatic carbocycles. The summed E-state index contributed by atoms with van der Waals surface area (Å²) in [6, 6.07) is 9.94. The molecule has 0 radical (unpaired) electrons. The van der Waals surface area contributed by atoms with E-state index in [0.29, 0.717) is 18.6 Å². The summed E-state index contributed by atoms with van der Waals surface area (Å²) in [5, 5.41) is -0.680. The van der Waals surface area contributed by atoms with Crippen molar-refractivity contribution in [2.45, 2.75) is 132 Å². The first-order valence-corrected chi connectivity index (χ1v) is 16.4. The fourth-order valence-corrected chi connectivity index (χ4v) is 6.42. The van der Waals surface area contributed by atoms with Gasteiger partial charge in [0.05, 0.1) is 18.6 Å². The SMILES string of the molecule is CCCCCCCCCCCC(Cl)CC(Cl)C(=O)CC(c1ccncc1)c1ccc(OC)c(OC2CCCC2)c1. The zero-order valence-electron chi connectivity index (χ0n) is 24.6. The highest BCUT2D eigenvalue weighted by Crippen LogP contribution is 2.38.